The van der Waals surface area contributed by atoms with Gasteiger partial charge in [0.25, 0.3) is 0 Å². The zero-order chi connectivity index (χ0) is 15.1. The van der Waals surface area contributed by atoms with Crippen molar-refractivity contribution in [2.24, 2.45) is 5.92 Å². The van der Waals surface area contributed by atoms with Crippen molar-refractivity contribution in [3.63, 3.8) is 0 Å². The Morgan fingerprint density at radius 2 is 1.90 bits per heavy atom. The van der Waals surface area contributed by atoms with Crippen molar-refractivity contribution in [2.45, 2.75) is 25.2 Å². The second-order valence-electron chi connectivity index (χ2n) is 6.71. The Labute approximate surface area is 129 Å². The summed E-state index contributed by atoms with van der Waals surface area (Å²) in [6.45, 7) is 7.48. The number of ether oxygens (including phenoxy) is 1. The topological polar surface area (TPSA) is 24.5 Å². The minimum atomic E-state index is 0.149. The van der Waals surface area contributed by atoms with E-state index in [1.807, 2.05) is 7.05 Å². The van der Waals surface area contributed by atoms with Crippen LogP contribution in [-0.2, 0) is 10.2 Å². The first-order valence-corrected chi connectivity index (χ1v) is 8.10. The zero-order valence-corrected chi connectivity index (χ0v) is 13.8. The van der Waals surface area contributed by atoms with Crippen LogP contribution in [0.25, 0.3) is 0 Å². The number of likely N-dealkylation sites (N-methyl/N-ethyl adjacent to an activating group) is 2. The highest BCUT2D eigenvalue weighted by Crippen LogP contribution is 2.25. The molecule has 1 aliphatic rings. The predicted octanol–water partition coefficient (Wildman–Crippen LogP) is 2.52. The second-order valence-corrected chi connectivity index (χ2v) is 6.71. The van der Waals surface area contributed by atoms with Crippen LogP contribution < -0.4 is 5.32 Å². The third kappa shape index (κ3) is 4.80. The second kappa shape index (κ2) is 7.92. The number of nitrogens with zero attached hydrogens (tertiary/aromatic N) is 1. The Bertz CT molecular complexity index is 403. The molecule has 0 spiro atoms. The Kier molecular flexibility index (Phi) is 6.22. The van der Waals surface area contributed by atoms with Gasteiger partial charge in [-0.05, 0) is 38.4 Å². The van der Waals surface area contributed by atoms with Crippen LogP contribution in [0.4, 0.5) is 0 Å². The normalized spacial score (nSPS) is 19.6. The first-order valence-electron chi connectivity index (χ1n) is 8.10. The van der Waals surface area contributed by atoms with Gasteiger partial charge in [0.05, 0.1) is 0 Å². The molecule has 0 amide bonds. The average molecular weight is 290 g/mol. The van der Waals surface area contributed by atoms with Crippen molar-refractivity contribution in [2.75, 3.05) is 46.9 Å². The van der Waals surface area contributed by atoms with Gasteiger partial charge in [-0.1, -0.05) is 37.3 Å². The number of hydrogen-bond donors (Lipinski definition) is 1. The van der Waals surface area contributed by atoms with Gasteiger partial charge in [0.2, 0.25) is 0 Å². The Morgan fingerprint density at radius 1 is 1.24 bits per heavy atom. The molecule has 0 aromatic heterocycles. The lowest BCUT2D eigenvalue weighted by molar-refractivity contribution is 0.0533. The van der Waals surface area contributed by atoms with E-state index < -0.39 is 0 Å². The Morgan fingerprint density at radius 3 is 2.52 bits per heavy atom. The van der Waals surface area contributed by atoms with E-state index in [9.17, 15) is 0 Å². The number of nitrogens with one attached hydrogen (secondary N) is 1. The third-order valence-corrected chi connectivity index (χ3v) is 4.57. The van der Waals surface area contributed by atoms with Crippen molar-refractivity contribution in [1.82, 2.24) is 10.2 Å². The number of hydrogen-bond acceptors (Lipinski definition) is 3. The standard InChI is InChI=1S/C18H30N2O/c1-18(14-19-2,17-7-5-4-6-8-17)15-20(3)13-16-9-11-21-12-10-16/h4-8,16,19H,9-15H2,1-3H3. The molecule has 1 unspecified atom stereocenters. The largest absolute Gasteiger partial charge is 0.381 e. The maximum Gasteiger partial charge on any atom is 0.0469 e. The molecule has 1 fully saturated rings. The molecule has 0 aliphatic carbocycles. The molecule has 1 aromatic carbocycles. The molecule has 2 rings (SSSR count). The smallest absolute Gasteiger partial charge is 0.0469 e. The average Bonchev–Trinajstić information content (AvgIpc) is 2.49. The van der Waals surface area contributed by atoms with Crippen molar-refractivity contribution >= 4 is 0 Å². The lowest BCUT2D eigenvalue weighted by Gasteiger charge is -2.36. The van der Waals surface area contributed by atoms with Crippen LogP contribution in [0.2, 0.25) is 0 Å². The lowest BCUT2D eigenvalue weighted by atomic mass is 9.81. The molecule has 3 nitrogen and oxygen atoms in total. The van der Waals surface area contributed by atoms with Crippen LogP contribution in [0.3, 0.4) is 0 Å². The molecule has 0 radical (unpaired) electrons. The fourth-order valence-corrected chi connectivity index (χ4v) is 3.51. The summed E-state index contributed by atoms with van der Waals surface area (Å²) in [5.41, 5.74) is 1.56. The van der Waals surface area contributed by atoms with Gasteiger partial charge in [0.15, 0.2) is 0 Å². The monoisotopic (exact) mass is 290 g/mol. The van der Waals surface area contributed by atoms with Crippen molar-refractivity contribution < 1.29 is 4.74 Å². The maximum absolute atomic E-state index is 5.46. The fourth-order valence-electron chi connectivity index (χ4n) is 3.51. The molecule has 0 bridgehead atoms. The van der Waals surface area contributed by atoms with E-state index in [2.05, 4.69) is 54.5 Å². The van der Waals surface area contributed by atoms with E-state index in [-0.39, 0.29) is 5.41 Å². The minimum Gasteiger partial charge on any atom is -0.381 e. The first-order chi connectivity index (χ1) is 10.1. The van der Waals surface area contributed by atoms with Gasteiger partial charge in [-0.15, -0.1) is 0 Å². The minimum absolute atomic E-state index is 0.149. The van der Waals surface area contributed by atoms with E-state index in [1.54, 1.807) is 0 Å². The third-order valence-electron chi connectivity index (χ3n) is 4.57. The van der Waals surface area contributed by atoms with Crippen LogP contribution in [0, 0.1) is 5.92 Å². The molecule has 1 saturated heterocycles. The number of benzene rings is 1. The van der Waals surface area contributed by atoms with Crippen LogP contribution in [0.5, 0.6) is 0 Å². The molecule has 1 heterocycles. The van der Waals surface area contributed by atoms with E-state index in [0.29, 0.717) is 0 Å². The summed E-state index contributed by atoms with van der Waals surface area (Å²) in [5, 5.41) is 3.37. The van der Waals surface area contributed by atoms with E-state index in [1.165, 1.54) is 24.9 Å². The molecule has 1 N–H and O–H groups in total. The molecule has 1 atom stereocenters. The van der Waals surface area contributed by atoms with Crippen molar-refractivity contribution in [3.8, 4) is 0 Å². The molecular weight excluding hydrogens is 260 g/mol. The Hall–Kier alpha value is -0.900. The zero-order valence-electron chi connectivity index (χ0n) is 13.8. The molecule has 1 aliphatic heterocycles. The maximum atomic E-state index is 5.46. The molecule has 3 heteroatoms. The summed E-state index contributed by atoms with van der Waals surface area (Å²) in [6.07, 6.45) is 2.41. The molecule has 1 aromatic rings. The Balaban J connectivity index is 1.98. The van der Waals surface area contributed by atoms with Gasteiger partial charge in [-0.2, -0.15) is 0 Å². The van der Waals surface area contributed by atoms with E-state index in [0.717, 1.165) is 32.2 Å². The first kappa shape index (κ1) is 16.5. The fraction of sp³-hybridized carbons (Fsp3) is 0.667. The van der Waals surface area contributed by atoms with Gasteiger partial charge in [-0.3, -0.25) is 0 Å². The summed E-state index contributed by atoms with van der Waals surface area (Å²) in [5.74, 6) is 0.790. The van der Waals surface area contributed by atoms with Gasteiger partial charge < -0.3 is 15.0 Å². The SMILES string of the molecule is CNCC(C)(CN(C)CC1CCOCC1)c1ccccc1. The highest BCUT2D eigenvalue weighted by atomic mass is 16.5. The molecule has 0 saturated carbocycles. The molecular formula is C18H30N2O. The van der Waals surface area contributed by atoms with E-state index in [4.69, 9.17) is 4.74 Å². The van der Waals surface area contributed by atoms with Gasteiger partial charge in [-0.25, -0.2) is 0 Å². The highest BCUT2D eigenvalue weighted by molar-refractivity contribution is 5.25. The summed E-state index contributed by atoms with van der Waals surface area (Å²) in [6, 6.07) is 10.9. The predicted molar refractivity (Wildman–Crippen MR) is 88.8 cm³/mol. The van der Waals surface area contributed by atoms with Crippen LogP contribution in [0.15, 0.2) is 30.3 Å². The van der Waals surface area contributed by atoms with Crippen LogP contribution >= 0.6 is 0 Å². The van der Waals surface area contributed by atoms with Crippen molar-refractivity contribution in [3.05, 3.63) is 35.9 Å². The van der Waals surface area contributed by atoms with Crippen LogP contribution in [-0.4, -0.2) is 51.8 Å². The van der Waals surface area contributed by atoms with Crippen molar-refractivity contribution in [1.29, 1.82) is 0 Å². The van der Waals surface area contributed by atoms with Gasteiger partial charge in [0, 0.05) is 38.3 Å². The van der Waals surface area contributed by atoms with Crippen LogP contribution in [0.1, 0.15) is 25.3 Å². The lowest BCUT2D eigenvalue weighted by Crippen LogP contribution is -2.45. The number of rotatable bonds is 7. The highest BCUT2D eigenvalue weighted by Gasteiger charge is 2.28. The summed E-state index contributed by atoms with van der Waals surface area (Å²) in [4.78, 5) is 2.50. The summed E-state index contributed by atoms with van der Waals surface area (Å²) >= 11 is 0. The summed E-state index contributed by atoms with van der Waals surface area (Å²) in [7, 11) is 4.30. The van der Waals surface area contributed by atoms with Gasteiger partial charge >= 0.3 is 0 Å². The molecule has 21 heavy (non-hydrogen) atoms. The molecule has 118 valence electrons. The quantitative estimate of drug-likeness (QED) is 0.835. The summed E-state index contributed by atoms with van der Waals surface area (Å²) < 4.78 is 5.46. The van der Waals surface area contributed by atoms with E-state index >= 15 is 0 Å². The van der Waals surface area contributed by atoms with Gasteiger partial charge in [0.1, 0.15) is 0 Å².